The maximum absolute atomic E-state index is 13.1. The molecule has 0 aromatic heterocycles. The van der Waals surface area contributed by atoms with E-state index in [2.05, 4.69) is 10.3 Å². The number of aliphatic imine (C=N–C) groups is 1. The van der Waals surface area contributed by atoms with Gasteiger partial charge in [-0.15, -0.1) is 0 Å². The monoisotopic (exact) mass is 839 g/mol. The number of hydrogen-bond acceptors (Lipinski definition) is 22. The molecule has 0 bridgehead atoms. The molecule has 24 heteroatoms. The average molecular weight is 840 g/mol. The SMILES string of the molecule is NC[C@@H]1O[C@H](O[C@H]2[C@@H](O)[C@H](O[C@@H]3[C@@H](O)[C@H](CC(=O)[C@@H](O)CCN=C(N)N)C[C@H](N)[C@H]3O[C@H]3O[C@H](CNCC4CC(N)C4)[C@@H](O)[C@H](O)[C@H]3N)O[C@@H]2CO)[C@H](N)[C@@H](O)[C@@H]1O. The van der Waals surface area contributed by atoms with Crippen molar-refractivity contribution in [3.05, 3.63) is 0 Å². The number of nitrogens with one attached hydrogen (secondary N) is 1. The molecule has 20 atom stereocenters. The molecule has 0 unspecified atom stereocenters. The Morgan fingerprint density at radius 3 is 1.88 bits per heavy atom. The van der Waals surface area contributed by atoms with Crippen molar-refractivity contribution in [1.29, 1.82) is 0 Å². The van der Waals surface area contributed by atoms with Gasteiger partial charge in [-0.1, -0.05) is 0 Å². The van der Waals surface area contributed by atoms with E-state index < -0.39 is 135 Å². The molecule has 2 saturated carbocycles. The van der Waals surface area contributed by atoms with E-state index in [9.17, 15) is 45.6 Å². The van der Waals surface area contributed by atoms with Crippen molar-refractivity contribution in [3.63, 3.8) is 0 Å². The van der Waals surface area contributed by atoms with Gasteiger partial charge in [0.05, 0.1) is 24.8 Å². The second-order valence-electron chi connectivity index (χ2n) is 16.1. The summed E-state index contributed by atoms with van der Waals surface area (Å²) in [5.74, 6) is -1.45. The predicted octanol–water partition coefficient (Wildman–Crippen LogP) is -9.25. The number of guanidine groups is 1. The van der Waals surface area contributed by atoms with Crippen molar-refractivity contribution in [1.82, 2.24) is 5.32 Å². The van der Waals surface area contributed by atoms with Gasteiger partial charge in [-0.3, -0.25) is 9.79 Å². The van der Waals surface area contributed by atoms with Gasteiger partial charge in [-0.25, -0.2) is 0 Å². The van der Waals surface area contributed by atoms with E-state index in [1.165, 1.54) is 0 Å². The number of rotatable bonds is 18. The average Bonchev–Trinajstić information content (AvgIpc) is 3.47. The van der Waals surface area contributed by atoms with Gasteiger partial charge in [0, 0.05) is 44.6 Å². The minimum atomic E-state index is -1.72. The van der Waals surface area contributed by atoms with Crippen molar-refractivity contribution < 1.29 is 74.1 Å². The third-order valence-electron chi connectivity index (χ3n) is 11.8. The number of aliphatic hydroxyl groups is 8. The second kappa shape index (κ2) is 20.8. The van der Waals surface area contributed by atoms with Crippen molar-refractivity contribution in [3.8, 4) is 0 Å². The van der Waals surface area contributed by atoms with Crippen LogP contribution in [0.25, 0.3) is 0 Å². The van der Waals surface area contributed by atoms with Crippen LogP contribution in [0.3, 0.4) is 0 Å². The van der Waals surface area contributed by atoms with E-state index in [0.717, 1.165) is 12.8 Å². The van der Waals surface area contributed by atoms with Crippen LogP contribution in [0.4, 0.5) is 0 Å². The van der Waals surface area contributed by atoms with E-state index in [-0.39, 0.29) is 50.9 Å². The van der Waals surface area contributed by atoms with Crippen LogP contribution in [0.2, 0.25) is 0 Å². The summed E-state index contributed by atoms with van der Waals surface area (Å²) in [6.07, 6.45) is -21.6. The Hall–Kier alpha value is -1.86. The van der Waals surface area contributed by atoms with Crippen LogP contribution < -0.4 is 45.5 Å². The number of hydrogen-bond donors (Lipinski definition) is 16. The summed E-state index contributed by atoms with van der Waals surface area (Å²) in [5.41, 5.74) is 41.3. The van der Waals surface area contributed by atoms with Gasteiger partial charge >= 0.3 is 0 Å². The van der Waals surface area contributed by atoms with Gasteiger partial charge in [-0.05, 0) is 37.6 Å². The van der Waals surface area contributed by atoms with Crippen molar-refractivity contribution >= 4 is 11.7 Å². The molecule has 0 spiro atoms. The van der Waals surface area contributed by atoms with Gasteiger partial charge in [0.15, 0.2) is 30.6 Å². The van der Waals surface area contributed by atoms with E-state index >= 15 is 0 Å². The van der Waals surface area contributed by atoms with Gasteiger partial charge in [0.2, 0.25) is 0 Å². The van der Waals surface area contributed by atoms with Crippen LogP contribution in [-0.2, 0) is 33.2 Å². The van der Waals surface area contributed by atoms with Crippen LogP contribution in [0.5, 0.6) is 0 Å². The lowest BCUT2D eigenvalue weighted by atomic mass is 9.76. The standard InChI is InChI=1S/C34H65N9O15/c35-7-17-23(48)25(50)20(38)31(53-17)57-29-19(10-44)55-33(27(29)52)58-30-22(47)12(6-16(46)15(45)1-2-43-34(40)41)5-14(37)28(30)56-32-21(39)26(51)24(49)18(54-32)9-42-8-11-3-13(36)4-11/h11-15,17-33,42,44-45,47-52H,1-10,35-39H2,(H4,40,41,43)/t11?,12-,13?,14-,15-,17-,18+,19+,20+,21+,22-,23+,24+,25+,26+,27+,28+,29+,30+,31+,32+,33-/m0/s1. The van der Waals surface area contributed by atoms with E-state index in [1.807, 2.05) is 0 Å². The Kier molecular flexibility index (Phi) is 16.9. The van der Waals surface area contributed by atoms with E-state index in [4.69, 9.17) is 68.6 Å². The number of nitrogens with zero attached hydrogens (tertiary/aromatic N) is 1. The molecule has 5 aliphatic rings. The first-order chi connectivity index (χ1) is 27.4. The highest BCUT2D eigenvalue weighted by Gasteiger charge is 2.55. The second-order valence-corrected chi connectivity index (χ2v) is 16.1. The van der Waals surface area contributed by atoms with E-state index in [1.54, 1.807) is 0 Å². The van der Waals surface area contributed by atoms with Gasteiger partial charge in [0.1, 0.15) is 73.2 Å². The van der Waals surface area contributed by atoms with Crippen LogP contribution in [0.1, 0.15) is 32.1 Å². The number of carbonyl (C=O) groups is 1. The third-order valence-corrected chi connectivity index (χ3v) is 11.8. The Morgan fingerprint density at radius 2 is 1.29 bits per heavy atom. The first kappa shape index (κ1) is 47.2. The highest BCUT2D eigenvalue weighted by Crippen LogP contribution is 2.37. The molecule has 58 heavy (non-hydrogen) atoms. The maximum Gasteiger partial charge on any atom is 0.187 e. The van der Waals surface area contributed by atoms with Gasteiger partial charge in [-0.2, -0.15) is 0 Å². The molecule has 3 aliphatic heterocycles. The molecule has 5 rings (SSSR count). The molecular formula is C34H65N9O15. The molecule has 3 saturated heterocycles. The molecule has 336 valence electrons. The Labute approximate surface area is 335 Å². The van der Waals surface area contributed by atoms with Crippen molar-refractivity contribution in [2.75, 3.05) is 32.8 Å². The minimum absolute atomic E-state index is 0.0353. The zero-order valence-corrected chi connectivity index (χ0v) is 32.2. The molecule has 2 aliphatic carbocycles. The molecule has 0 aromatic carbocycles. The fourth-order valence-electron chi connectivity index (χ4n) is 8.24. The lowest BCUT2D eigenvalue weighted by Crippen LogP contribution is -2.67. The summed E-state index contributed by atoms with van der Waals surface area (Å²) < 4.78 is 35.9. The van der Waals surface area contributed by atoms with E-state index in [0.29, 0.717) is 12.5 Å². The Bertz CT molecular complexity index is 1340. The number of Topliss-reactive ketones (excluding diaryl/α,β-unsaturated/α-hetero) is 1. The molecule has 0 radical (unpaired) electrons. The Balaban J connectivity index is 1.34. The lowest BCUT2D eigenvalue weighted by molar-refractivity contribution is -0.310. The first-order valence-corrected chi connectivity index (χ1v) is 19.8. The lowest BCUT2D eigenvalue weighted by Gasteiger charge is -2.48. The molecule has 0 aromatic rings. The quantitative estimate of drug-likeness (QED) is 0.0450. The Morgan fingerprint density at radius 1 is 0.724 bits per heavy atom. The van der Waals surface area contributed by atoms with Crippen LogP contribution in [0, 0.1) is 11.8 Å². The minimum Gasteiger partial charge on any atom is -0.394 e. The first-order valence-electron chi connectivity index (χ1n) is 19.8. The summed E-state index contributed by atoms with van der Waals surface area (Å²) in [6, 6.07) is -3.50. The smallest absolute Gasteiger partial charge is 0.187 e. The summed E-state index contributed by atoms with van der Waals surface area (Å²) in [5, 5.41) is 89.8. The fraction of sp³-hybridized carbons (Fsp3) is 0.941. The van der Waals surface area contributed by atoms with Crippen molar-refractivity contribution in [2.45, 2.75) is 154 Å². The molecule has 23 N–H and O–H groups in total. The number of aliphatic hydroxyl groups excluding tert-OH is 8. The number of ketones is 1. The summed E-state index contributed by atoms with van der Waals surface area (Å²) in [4.78, 5) is 16.9. The van der Waals surface area contributed by atoms with Crippen molar-refractivity contribution in [2.24, 2.45) is 57.0 Å². The summed E-state index contributed by atoms with van der Waals surface area (Å²) in [6.45, 7) is -0.241. The largest absolute Gasteiger partial charge is 0.394 e. The van der Waals surface area contributed by atoms with Crippen LogP contribution in [-0.4, -0.2) is 208 Å². The highest BCUT2D eigenvalue weighted by molar-refractivity contribution is 5.83. The maximum atomic E-state index is 13.1. The third kappa shape index (κ3) is 11.0. The van der Waals surface area contributed by atoms with Crippen LogP contribution in [0.15, 0.2) is 4.99 Å². The number of carbonyl (C=O) groups excluding carboxylic acids is 1. The molecule has 0 amide bonds. The number of ether oxygens (including phenoxy) is 6. The zero-order valence-electron chi connectivity index (χ0n) is 32.2. The normalized spacial score (nSPS) is 46.3. The van der Waals surface area contributed by atoms with Gasteiger partial charge < -0.3 is 115 Å². The summed E-state index contributed by atoms with van der Waals surface area (Å²) >= 11 is 0. The topological polar surface area (TPSA) is 441 Å². The molecular weight excluding hydrogens is 774 g/mol. The molecule has 5 fully saturated rings. The van der Waals surface area contributed by atoms with Gasteiger partial charge in [0.25, 0.3) is 0 Å². The number of nitrogens with two attached hydrogens (primary N) is 7. The summed E-state index contributed by atoms with van der Waals surface area (Å²) in [7, 11) is 0. The van der Waals surface area contributed by atoms with Crippen LogP contribution >= 0.6 is 0 Å². The fourth-order valence-corrected chi connectivity index (χ4v) is 8.24. The predicted molar refractivity (Wildman–Crippen MR) is 199 cm³/mol. The highest BCUT2D eigenvalue weighted by atomic mass is 16.8. The zero-order chi connectivity index (χ0) is 42.6. The molecule has 24 nitrogen and oxygen atoms in total. The molecule has 3 heterocycles.